The van der Waals surface area contributed by atoms with Crippen LogP contribution in [-0.2, 0) is 11.2 Å². The van der Waals surface area contributed by atoms with Gasteiger partial charge in [0.2, 0.25) is 5.91 Å². The number of amides is 1. The Morgan fingerprint density at radius 3 is 2.73 bits per heavy atom. The lowest BCUT2D eigenvalue weighted by Crippen LogP contribution is -2.41. The van der Waals surface area contributed by atoms with E-state index in [0.29, 0.717) is 6.54 Å². The highest BCUT2D eigenvalue weighted by Crippen LogP contribution is 2.37. The van der Waals surface area contributed by atoms with Crippen molar-refractivity contribution in [1.82, 2.24) is 9.80 Å². The first-order valence-corrected chi connectivity index (χ1v) is 11.0. The summed E-state index contributed by atoms with van der Waals surface area (Å²) < 4.78 is 5.43. The van der Waals surface area contributed by atoms with Gasteiger partial charge in [-0.3, -0.25) is 9.69 Å². The molecule has 1 amide bonds. The third kappa shape index (κ3) is 4.37. The lowest BCUT2D eigenvalue weighted by Gasteiger charge is -2.36. The molecule has 4 rings (SSSR count). The van der Waals surface area contributed by atoms with Crippen molar-refractivity contribution in [2.45, 2.75) is 43.7 Å². The van der Waals surface area contributed by atoms with Crippen LogP contribution < -0.4 is 4.74 Å². The third-order valence-corrected chi connectivity index (χ3v) is 6.64. The SMILES string of the molecule is COc1ccc2c(c1)C(C(=O)N(C)C(CN1CCC(O)C1)c1ccccc1)CCC2. The van der Waals surface area contributed by atoms with Crippen molar-refractivity contribution >= 4 is 5.91 Å². The first-order chi connectivity index (χ1) is 14.6. The van der Waals surface area contributed by atoms with Gasteiger partial charge in [0, 0.05) is 26.7 Å². The van der Waals surface area contributed by atoms with Crippen LogP contribution in [0.5, 0.6) is 5.75 Å². The van der Waals surface area contributed by atoms with Gasteiger partial charge in [0.1, 0.15) is 5.75 Å². The van der Waals surface area contributed by atoms with Gasteiger partial charge in [-0.15, -0.1) is 0 Å². The van der Waals surface area contributed by atoms with Crippen LogP contribution in [0.25, 0.3) is 0 Å². The van der Waals surface area contributed by atoms with Crippen molar-refractivity contribution in [2.75, 3.05) is 33.8 Å². The molecule has 30 heavy (non-hydrogen) atoms. The zero-order valence-electron chi connectivity index (χ0n) is 18.0. The van der Waals surface area contributed by atoms with Crippen LogP contribution in [0.3, 0.4) is 0 Å². The number of nitrogens with zero attached hydrogens (tertiary/aromatic N) is 2. The number of fused-ring (bicyclic) bond motifs is 1. The predicted molar refractivity (Wildman–Crippen MR) is 118 cm³/mol. The topological polar surface area (TPSA) is 53.0 Å². The van der Waals surface area contributed by atoms with E-state index in [1.54, 1.807) is 7.11 Å². The first-order valence-electron chi connectivity index (χ1n) is 11.0. The van der Waals surface area contributed by atoms with Crippen molar-refractivity contribution < 1.29 is 14.6 Å². The van der Waals surface area contributed by atoms with Gasteiger partial charge in [-0.1, -0.05) is 36.4 Å². The van der Waals surface area contributed by atoms with Crippen LogP contribution in [0.1, 0.15) is 47.9 Å². The van der Waals surface area contributed by atoms with Crippen LogP contribution in [0, 0.1) is 0 Å². The summed E-state index contributed by atoms with van der Waals surface area (Å²) in [5.74, 6) is 0.837. The van der Waals surface area contributed by atoms with Crippen molar-refractivity contribution in [2.24, 2.45) is 0 Å². The van der Waals surface area contributed by atoms with Crippen molar-refractivity contribution in [3.8, 4) is 5.75 Å². The Morgan fingerprint density at radius 1 is 1.23 bits per heavy atom. The molecule has 1 N–H and O–H groups in total. The lowest BCUT2D eigenvalue weighted by molar-refractivity contribution is -0.134. The predicted octanol–water partition coefficient (Wildman–Crippen LogP) is 3.38. The Morgan fingerprint density at radius 2 is 2.03 bits per heavy atom. The highest BCUT2D eigenvalue weighted by atomic mass is 16.5. The number of carbonyl (C=O) groups excluding carboxylic acids is 1. The van der Waals surface area contributed by atoms with Gasteiger partial charge in [0.25, 0.3) is 0 Å². The molecule has 2 aromatic carbocycles. The fourth-order valence-electron chi connectivity index (χ4n) is 4.91. The number of aliphatic hydroxyl groups excluding tert-OH is 1. The number of benzene rings is 2. The van der Waals surface area contributed by atoms with Gasteiger partial charge in [0.05, 0.1) is 25.2 Å². The van der Waals surface area contributed by atoms with E-state index in [4.69, 9.17) is 4.74 Å². The average molecular weight is 409 g/mol. The number of carbonyl (C=O) groups is 1. The summed E-state index contributed by atoms with van der Waals surface area (Å²) in [6.07, 6.45) is 3.45. The van der Waals surface area contributed by atoms with Gasteiger partial charge in [-0.25, -0.2) is 0 Å². The minimum Gasteiger partial charge on any atom is -0.497 e. The van der Waals surface area contributed by atoms with E-state index in [9.17, 15) is 9.90 Å². The monoisotopic (exact) mass is 408 g/mol. The lowest BCUT2D eigenvalue weighted by atomic mass is 9.81. The van der Waals surface area contributed by atoms with Crippen LogP contribution in [0.2, 0.25) is 0 Å². The zero-order valence-corrected chi connectivity index (χ0v) is 18.0. The van der Waals surface area contributed by atoms with Crippen molar-refractivity contribution in [1.29, 1.82) is 0 Å². The molecule has 0 spiro atoms. The number of likely N-dealkylation sites (tertiary alicyclic amines) is 1. The standard InChI is InChI=1S/C25H32N2O3/c1-26(24(19-7-4-3-5-8-19)17-27-14-13-20(28)16-27)25(29)22-10-6-9-18-11-12-21(30-2)15-23(18)22/h3-5,7-8,11-12,15,20,22,24,28H,6,9-10,13-14,16-17H2,1-2H3. The highest BCUT2D eigenvalue weighted by molar-refractivity contribution is 5.85. The Kier molecular flexibility index (Phi) is 6.40. The summed E-state index contributed by atoms with van der Waals surface area (Å²) in [5.41, 5.74) is 3.50. The van der Waals surface area contributed by atoms with E-state index in [-0.39, 0.29) is 24.0 Å². The number of aryl methyl sites for hydroxylation is 1. The van der Waals surface area contributed by atoms with E-state index in [0.717, 1.165) is 55.6 Å². The highest BCUT2D eigenvalue weighted by Gasteiger charge is 2.34. The van der Waals surface area contributed by atoms with E-state index in [2.05, 4.69) is 23.1 Å². The summed E-state index contributed by atoms with van der Waals surface area (Å²) in [6.45, 7) is 2.28. The van der Waals surface area contributed by atoms with Crippen LogP contribution in [0.4, 0.5) is 0 Å². The van der Waals surface area contributed by atoms with E-state index in [1.165, 1.54) is 5.56 Å². The molecule has 1 fully saturated rings. The molecule has 5 heteroatoms. The Labute approximate surface area is 179 Å². The van der Waals surface area contributed by atoms with Crippen LogP contribution in [0.15, 0.2) is 48.5 Å². The first kappa shape index (κ1) is 20.9. The van der Waals surface area contributed by atoms with Gasteiger partial charge in [-0.2, -0.15) is 0 Å². The van der Waals surface area contributed by atoms with Crippen LogP contribution in [-0.4, -0.2) is 60.7 Å². The molecule has 2 aromatic rings. The fraction of sp³-hybridized carbons (Fsp3) is 0.480. The molecule has 0 aromatic heterocycles. The zero-order chi connectivity index (χ0) is 21.1. The minimum atomic E-state index is -0.264. The maximum Gasteiger partial charge on any atom is 0.230 e. The number of hydrogen-bond donors (Lipinski definition) is 1. The molecule has 0 bridgehead atoms. The number of likely N-dealkylation sites (N-methyl/N-ethyl adjacent to an activating group) is 1. The molecule has 3 atom stereocenters. The van der Waals surface area contributed by atoms with Gasteiger partial charge in [-0.05, 0) is 54.5 Å². The Balaban J connectivity index is 1.60. The number of aliphatic hydroxyl groups is 1. The van der Waals surface area contributed by atoms with Crippen molar-refractivity contribution in [3.63, 3.8) is 0 Å². The van der Waals surface area contributed by atoms with Crippen molar-refractivity contribution in [3.05, 3.63) is 65.2 Å². The average Bonchev–Trinajstić information content (AvgIpc) is 3.21. The quantitative estimate of drug-likeness (QED) is 0.796. The molecule has 1 saturated heterocycles. The molecular formula is C25H32N2O3. The molecule has 3 unspecified atom stereocenters. The summed E-state index contributed by atoms with van der Waals surface area (Å²) in [7, 11) is 3.60. The van der Waals surface area contributed by atoms with E-state index >= 15 is 0 Å². The fourth-order valence-corrected chi connectivity index (χ4v) is 4.91. The molecule has 5 nitrogen and oxygen atoms in total. The third-order valence-electron chi connectivity index (χ3n) is 6.64. The molecule has 0 radical (unpaired) electrons. The number of β-amino-alcohol motifs (C(OH)–C–C–N with tert-alkyl or cyclic N) is 1. The second-order valence-corrected chi connectivity index (χ2v) is 8.59. The summed E-state index contributed by atoms with van der Waals surface area (Å²) in [4.78, 5) is 17.9. The number of ether oxygens (including phenoxy) is 1. The Bertz CT molecular complexity index is 870. The molecule has 1 heterocycles. The van der Waals surface area contributed by atoms with E-state index in [1.807, 2.05) is 42.3 Å². The summed E-state index contributed by atoms with van der Waals surface area (Å²) in [6, 6.07) is 16.3. The molecular weight excluding hydrogens is 376 g/mol. The summed E-state index contributed by atoms with van der Waals surface area (Å²) in [5, 5.41) is 9.96. The van der Waals surface area contributed by atoms with Gasteiger partial charge in [0.15, 0.2) is 0 Å². The molecule has 1 aliphatic carbocycles. The number of methoxy groups -OCH3 is 1. The maximum atomic E-state index is 13.7. The number of hydrogen-bond acceptors (Lipinski definition) is 4. The largest absolute Gasteiger partial charge is 0.497 e. The minimum absolute atomic E-state index is 0.0417. The van der Waals surface area contributed by atoms with Gasteiger partial charge >= 0.3 is 0 Å². The maximum absolute atomic E-state index is 13.7. The smallest absolute Gasteiger partial charge is 0.230 e. The second kappa shape index (κ2) is 9.19. The molecule has 1 aliphatic heterocycles. The Hall–Kier alpha value is -2.37. The van der Waals surface area contributed by atoms with Crippen LogP contribution >= 0.6 is 0 Å². The second-order valence-electron chi connectivity index (χ2n) is 8.59. The number of rotatable bonds is 6. The van der Waals surface area contributed by atoms with Gasteiger partial charge < -0.3 is 14.7 Å². The molecule has 0 saturated carbocycles. The normalized spacial score (nSPS) is 22.4. The van der Waals surface area contributed by atoms with E-state index < -0.39 is 0 Å². The molecule has 2 aliphatic rings. The summed E-state index contributed by atoms with van der Waals surface area (Å²) >= 11 is 0. The molecule has 160 valence electrons.